The summed E-state index contributed by atoms with van der Waals surface area (Å²) in [4.78, 5) is 12.4. The summed E-state index contributed by atoms with van der Waals surface area (Å²) < 4.78 is 43.3. The van der Waals surface area contributed by atoms with E-state index in [-0.39, 0.29) is 33.0 Å². The molecule has 7 nitrogen and oxygen atoms in total. The van der Waals surface area contributed by atoms with Crippen LogP contribution in [0, 0.1) is 0 Å². The molecule has 0 aromatic carbocycles. The normalized spacial score (nSPS) is 12.8. The van der Waals surface area contributed by atoms with Crippen LogP contribution in [0.4, 0.5) is 0 Å². The summed E-state index contributed by atoms with van der Waals surface area (Å²) in [5.41, 5.74) is -2.73. The van der Waals surface area contributed by atoms with Gasteiger partial charge in [0.15, 0.2) is 0 Å². The molecule has 1 atom stereocenters. The van der Waals surface area contributed by atoms with Crippen LogP contribution in [0.25, 0.3) is 0 Å². The highest BCUT2D eigenvalue weighted by Gasteiger charge is 2.75. The Balaban J connectivity index is 6.53. The fraction of sp³-hybridized carbons (Fsp3) is 0.850. The first-order chi connectivity index (χ1) is 13.4. The number of ether oxygens (including phenoxy) is 5. The highest BCUT2D eigenvalue weighted by atomic mass is 31.1. The van der Waals surface area contributed by atoms with Gasteiger partial charge in [-0.05, 0) is 32.1 Å². The molecule has 0 aromatic rings. The van der Waals surface area contributed by atoms with Crippen molar-refractivity contribution in [3.05, 3.63) is 12.7 Å². The smallest absolute Gasteiger partial charge is 0.319 e. The van der Waals surface area contributed by atoms with Crippen molar-refractivity contribution >= 4 is 13.3 Å². The Morgan fingerprint density at radius 1 is 0.750 bits per heavy atom. The van der Waals surface area contributed by atoms with Crippen LogP contribution >= 0.6 is 7.80 Å². The van der Waals surface area contributed by atoms with E-state index in [1.165, 1.54) is 0 Å². The second-order valence-electron chi connectivity index (χ2n) is 6.22. The molecule has 0 aromatic heterocycles. The van der Waals surface area contributed by atoms with Gasteiger partial charge in [-0.2, -0.15) is 0 Å². The van der Waals surface area contributed by atoms with Crippen LogP contribution in [0.15, 0.2) is 12.7 Å². The zero-order valence-corrected chi connectivity index (χ0v) is 19.1. The predicted octanol–water partition coefficient (Wildman–Crippen LogP) is 4.97. The highest BCUT2D eigenvalue weighted by Crippen LogP contribution is 2.52. The van der Waals surface area contributed by atoms with E-state index in [2.05, 4.69) is 6.58 Å². The molecule has 0 spiro atoms. The van der Waals surface area contributed by atoms with E-state index in [0.717, 1.165) is 6.08 Å². The number of hydrogen-bond acceptors (Lipinski definition) is 7. The summed E-state index contributed by atoms with van der Waals surface area (Å²) in [6.45, 7) is 14.2. The molecule has 0 saturated heterocycles. The molecule has 0 rings (SSSR count). The predicted molar refractivity (Wildman–Crippen MR) is 109 cm³/mol. The van der Waals surface area contributed by atoms with E-state index < -0.39 is 24.8 Å². The summed E-state index contributed by atoms with van der Waals surface area (Å²) in [6.07, 6.45) is 4.23. The van der Waals surface area contributed by atoms with Crippen LogP contribution in [-0.2, 0) is 33.0 Å². The summed E-state index contributed by atoms with van der Waals surface area (Å²) in [7, 11) is -2.78. The van der Waals surface area contributed by atoms with E-state index in [1.54, 1.807) is 0 Å². The zero-order valence-electron chi connectivity index (χ0n) is 18.2. The third kappa shape index (κ3) is 7.29. The first-order valence-corrected chi connectivity index (χ1v) is 11.5. The van der Waals surface area contributed by atoms with Crippen LogP contribution < -0.4 is 0 Å². The third-order valence-electron chi connectivity index (χ3n) is 3.52. The van der Waals surface area contributed by atoms with Crippen LogP contribution in [0.3, 0.4) is 0 Å². The van der Waals surface area contributed by atoms with Crippen molar-refractivity contribution in [2.75, 3.05) is 33.0 Å². The molecule has 0 amide bonds. The fourth-order valence-electron chi connectivity index (χ4n) is 2.28. The van der Waals surface area contributed by atoms with Gasteiger partial charge < -0.3 is 23.7 Å². The van der Waals surface area contributed by atoms with Crippen LogP contribution in [0.5, 0.6) is 0 Å². The monoisotopic (exact) mass is 421 g/mol. The lowest BCUT2D eigenvalue weighted by atomic mass is 10.4. The molecular weight excluding hydrogens is 383 g/mol. The maximum absolute atomic E-state index is 13.4. The molecule has 0 saturated carbocycles. The first kappa shape index (κ1) is 27.3. The van der Waals surface area contributed by atoms with E-state index in [4.69, 9.17) is 23.7 Å². The average Bonchev–Trinajstić information content (AvgIpc) is 2.73. The number of carbonyl (C=O) groups excluding carboxylic acids is 1. The Morgan fingerprint density at radius 3 is 1.36 bits per heavy atom. The van der Waals surface area contributed by atoms with Crippen molar-refractivity contribution in [2.24, 2.45) is 0 Å². The van der Waals surface area contributed by atoms with Crippen molar-refractivity contribution in [2.45, 2.75) is 78.2 Å². The lowest BCUT2D eigenvalue weighted by Crippen LogP contribution is -2.61. The second-order valence-corrected chi connectivity index (χ2v) is 7.84. The Kier molecular flexibility index (Phi) is 14.8. The summed E-state index contributed by atoms with van der Waals surface area (Å²) >= 11 is 0. The molecule has 0 N–H and O–H groups in total. The molecule has 0 fully saturated rings. The Bertz CT molecular complexity index is 438. The number of allylic oxidation sites excluding steroid dienone is 1. The van der Waals surface area contributed by atoms with Gasteiger partial charge in [0, 0.05) is 6.08 Å². The summed E-state index contributed by atoms with van der Waals surface area (Å²) in [5.74, 6) is -1.93. The Morgan fingerprint density at radius 2 is 1.07 bits per heavy atom. The van der Waals surface area contributed by atoms with E-state index in [9.17, 15) is 9.36 Å². The third-order valence-corrected chi connectivity index (χ3v) is 5.17. The van der Waals surface area contributed by atoms with Gasteiger partial charge in [0.25, 0.3) is 0 Å². The SMILES string of the molecule is C=CC(=O)[P+](=O)C(OCCC)(OCCC)C(OCCC)(OCCC)OCCC. The largest absolute Gasteiger partial charge is 0.495 e. The van der Waals surface area contributed by atoms with E-state index in [0.29, 0.717) is 32.1 Å². The van der Waals surface area contributed by atoms with Crippen LogP contribution in [0.2, 0.25) is 0 Å². The van der Waals surface area contributed by atoms with Crippen LogP contribution in [0.1, 0.15) is 66.7 Å². The van der Waals surface area contributed by atoms with Gasteiger partial charge in [-0.15, -0.1) is 0 Å². The van der Waals surface area contributed by atoms with Crippen LogP contribution in [-0.4, -0.2) is 50.1 Å². The van der Waals surface area contributed by atoms with Gasteiger partial charge >= 0.3 is 24.8 Å². The summed E-state index contributed by atoms with van der Waals surface area (Å²) in [6, 6.07) is 0. The van der Waals surface area contributed by atoms with Gasteiger partial charge in [-0.1, -0.05) is 45.8 Å². The molecule has 1 unspecified atom stereocenters. The van der Waals surface area contributed by atoms with E-state index in [1.807, 2.05) is 34.6 Å². The van der Waals surface area contributed by atoms with Gasteiger partial charge in [0.05, 0.1) is 33.0 Å². The lowest BCUT2D eigenvalue weighted by molar-refractivity contribution is -0.471. The molecule has 0 aliphatic heterocycles. The average molecular weight is 421 g/mol. The minimum absolute atomic E-state index is 0.192. The first-order valence-electron chi connectivity index (χ1n) is 10.3. The van der Waals surface area contributed by atoms with Crippen molar-refractivity contribution in [3.8, 4) is 0 Å². The maximum atomic E-state index is 13.4. The van der Waals surface area contributed by atoms with Crippen molar-refractivity contribution in [1.82, 2.24) is 0 Å². The fourth-order valence-corrected chi connectivity index (χ4v) is 3.59. The Hall–Kier alpha value is -0.690. The Labute approximate surface area is 170 Å². The quantitative estimate of drug-likeness (QED) is 0.165. The second kappa shape index (κ2) is 15.2. The minimum Gasteiger partial charge on any atom is -0.319 e. The number of hydrogen-bond donors (Lipinski definition) is 0. The molecule has 0 radical (unpaired) electrons. The van der Waals surface area contributed by atoms with Gasteiger partial charge in [-0.25, -0.2) is 4.79 Å². The minimum atomic E-state index is -2.78. The van der Waals surface area contributed by atoms with Gasteiger partial charge in [-0.3, -0.25) is 0 Å². The standard InChI is InChI=1S/C20H38O7P/c1-7-13-23-19(24-14-8-2,25-15-9-3)20(26-16-10-4,27-17-11-5)28(22)18(21)12-6/h12H,6-11,13-17H2,1-5H3/q+1. The summed E-state index contributed by atoms with van der Waals surface area (Å²) in [5, 5.41) is 0. The van der Waals surface area contributed by atoms with Gasteiger partial charge in [0.1, 0.15) is 0 Å². The number of carbonyl (C=O) groups is 1. The topological polar surface area (TPSA) is 80.3 Å². The van der Waals surface area contributed by atoms with Crippen molar-refractivity contribution < 1.29 is 33.0 Å². The molecular formula is C20H38O7P+. The lowest BCUT2D eigenvalue weighted by Gasteiger charge is -2.40. The van der Waals surface area contributed by atoms with Crippen molar-refractivity contribution in [3.63, 3.8) is 0 Å². The molecule has 164 valence electrons. The van der Waals surface area contributed by atoms with E-state index >= 15 is 0 Å². The molecule has 0 heterocycles. The molecule has 0 bridgehead atoms. The molecule has 8 heteroatoms. The zero-order chi connectivity index (χ0) is 21.5. The molecule has 0 aliphatic carbocycles. The highest BCUT2D eigenvalue weighted by molar-refractivity contribution is 7.65. The molecule has 28 heavy (non-hydrogen) atoms. The number of rotatable bonds is 19. The maximum Gasteiger partial charge on any atom is 0.495 e. The van der Waals surface area contributed by atoms with Gasteiger partial charge in [0.2, 0.25) is 0 Å². The molecule has 0 aliphatic rings. The van der Waals surface area contributed by atoms with Crippen molar-refractivity contribution in [1.29, 1.82) is 0 Å².